The number of carbonyl (C=O) groups excluding carboxylic acids is 4. The second-order valence-electron chi connectivity index (χ2n) is 7.44. The summed E-state index contributed by atoms with van der Waals surface area (Å²) in [6, 6.07) is 4.74. The van der Waals surface area contributed by atoms with Crippen molar-refractivity contribution in [1.82, 2.24) is 10.2 Å². The maximum atomic E-state index is 12.7. The summed E-state index contributed by atoms with van der Waals surface area (Å²) in [6.07, 6.45) is 0. The van der Waals surface area contributed by atoms with E-state index in [2.05, 4.69) is 20.8 Å². The molecule has 3 rings (SSSR count). The maximum Gasteiger partial charge on any atom is 0.348 e. The van der Waals surface area contributed by atoms with Gasteiger partial charge >= 0.3 is 11.9 Å². The summed E-state index contributed by atoms with van der Waals surface area (Å²) in [7, 11) is 2.97. The molecule has 2 aromatic heterocycles. The summed E-state index contributed by atoms with van der Waals surface area (Å²) in [6.45, 7) is 5.23. The van der Waals surface area contributed by atoms with Gasteiger partial charge in [-0.3, -0.25) is 14.9 Å². The lowest BCUT2D eigenvalue weighted by Gasteiger charge is -2.08. The highest BCUT2D eigenvalue weighted by atomic mass is 32.2. The van der Waals surface area contributed by atoms with E-state index in [1.807, 2.05) is 0 Å². The van der Waals surface area contributed by atoms with Gasteiger partial charge in [0.1, 0.15) is 9.88 Å². The van der Waals surface area contributed by atoms with E-state index >= 15 is 0 Å². The molecule has 208 valence electrons. The topological polar surface area (TPSA) is 155 Å². The van der Waals surface area contributed by atoms with Crippen molar-refractivity contribution < 1.29 is 38.1 Å². The fourth-order valence-corrected chi connectivity index (χ4v) is 5.85. The number of esters is 2. The zero-order valence-electron chi connectivity index (χ0n) is 21.7. The number of hydrogen-bond donors (Lipinski definition) is 2. The van der Waals surface area contributed by atoms with Crippen LogP contribution in [0.25, 0.3) is 0 Å². The molecule has 0 aliphatic rings. The first-order chi connectivity index (χ1) is 18.7. The van der Waals surface area contributed by atoms with E-state index in [4.69, 9.17) is 18.9 Å². The molecule has 0 spiro atoms. The number of thioether (sulfide) groups is 1. The van der Waals surface area contributed by atoms with Gasteiger partial charge in [-0.25, -0.2) is 9.59 Å². The third kappa shape index (κ3) is 7.46. The Hall–Kier alpha value is -3.69. The van der Waals surface area contributed by atoms with Crippen LogP contribution in [0.1, 0.15) is 49.8 Å². The molecule has 0 aliphatic carbocycles. The molecule has 15 heteroatoms. The summed E-state index contributed by atoms with van der Waals surface area (Å²) in [5, 5.41) is 13.7. The molecule has 0 bridgehead atoms. The molecule has 3 aromatic rings. The Balaban J connectivity index is 1.64. The highest BCUT2D eigenvalue weighted by molar-refractivity contribution is 8.01. The molecule has 0 saturated carbocycles. The van der Waals surface area contributed by atoms with Gasteiger partial charge in [-0.2, -0.15) is 0 Å². The van der Waals surface area contributed by atoms with E-state index < -0.39 is 23.8 Å². The van der Waals surface area contributed by atoms with Crippen LogP contribution in [-0.2, 0) is 14.3 Å². The quantitative estimate of drug-likeness (QED) is 0.175. The minimum atomic E-state index is -0.649. The Morgan fingerprint density at radius 3 is 2.28 bits per heavy atom. The third-order valence-electron chi connectivity index (χ3n) is 4.94. The van der Waals surface area contributed by atoms with Crippen LogP contribution in [0.4, 0.5) is 10.1 Å². The molecule has 0 unspecified atom stereocenters. The van der Waals surface area contributed by atoms with Crippen molar-refractivity contribution in [2.45, 2.75) is 25.1 Å². The number of nitrogens with one attached hydrogen (secondary N) is 2. The van der Waals surface area contributed by atoms with Crippen LogP contribution in [0.3, 0.4) is 0 Å². The van der Waals surface area contributed by atoms with E-state index in [-0.39, 0.29) is 39.5 Å². The first kappa shape index (κ1) is 29.9. The molecule has 12 nitrogen and oxygen atoms in total. The SMILES string of the molecule is CCOC(=O)c1sc(NC(=O)CSc2nnc(NC(=O)c3ccc(OC)c(OC)c3)s2)c(C(=O)OCC)c1C. The number of thiophene rings is 1. The Labute approximate surface area is 236 Å². The van der Waals surface area contributed by atoms with Crippen molar-refractivity contribution in [2.24, 2.45) is 0 Å². The zero-order valence-corrected chi connectivity index (χ0v) is 24.2. The molecule has 2 heterocycles. The third-order valence-corrected chi connectivity index (χ3v) is 8.10. The van der Waals surface area contributed by atoms with Crippen molar-refractivity contribution in [2.75, 3.05) is 43.8 Å². The molecule has 2 amide bonds. The van der Waals surface area contributed by atoms with Gasteiger partial charge in [-0.15, -0.1) is 21.5 Å². The minimum Gasteiger partial charge on any atom is -0.493 e. The molecular weight excluding hydrogens is 568 g/mol. The Bertz CT molecular complexity index is 1370. The van der Waals surface area contributed by atoms with Crippen molar-refractivity contribution >= 4 is 68.3 Å². The molecule has 2 N–H and O–H groups in total. The average Bonchev–Trinajstić information content (AvgIpc) is 3.50. The Kier molecular flexibility index (Phi) is 10.7. The fraction of sp³-hybridized carbons (Fsp3) is 0.333. The highest BCUT2D eigenvalue weighted by Gasteiger charge is 2.27. The molecule has 39 heavy (non-hydrogen) atoms. The summed E-state index contributed by atoms with van der Waals surface area (Å²) in [5.41, 5.74) is 0.820. The van der Waals surface area contributed by atoms with Gasteiger partial charge in [0.2, 0.25) is 11.0 Å². The molecule has 0 aliphatic heterocycles. The van der Waals surface area contributed by atoms with Crippen molar-refractivity contribution in [3.8, 4) is 11.5 Å². The number of nitrogens with zero attached hydrogens (tertiary/aromatic N) is 2. The Morgan fingerprint density at radius 2 is 1.62 bits per heavy atom. The minimum absolute atomic E-state index is 0.0633. The summed E-state index contributed by atoms with van der Waals surface area (Å²) >= 11 is 3.13. The van der Waals surface area contributed by atoms with Gasteiger partial charge < -0.3 is 24.3 Å². The monoisotopic (exact) mass is 594 g/mol. The van der Waals surface area contributed by atoms with Crippen LogP contribution in [0.15, 0.2) is 22.5 Å². The van der Waals surface area contributed by atoms with Gasteiger partial charge in [-0.1, -0.05) is 23.1 Å². The first-order valence-electron chi connectivity index (χ1n) is 11.5. The number of ether oxygens (including phenoxy) is 4. The second-order valence-corrected chi connectivity index (χ2v) is 10.7. The number of hydrogen-bond acceptors (Lipinski definition) is 13. The van der Waals surface area contributed by atoms with Crippen molar-refractivity contribution in [3.63, 3.8) is 0 Å². The van der Waals surface area contributed by atoms with Crippen LogP contribution >= 0.6 is 34.4 Å². The smallest absolute Gasteiger partial charge is 0.348 e. The number of anilines is 2. The normalized spacial score (nSPS) is 10.5. The van der Waals surface area contributed by atoms with Crippen LogP contribution in [0.5, 0.6) is 11.5 Å². The lowest BCUT2D eigenvalue weighted by Crippen LogP contribution is -2.16. The fourth-order valence-electron chi connectivity index (χ4n) is 3.20. The van der Waals surface area contributed by atoms with E-state index in [0.29, 0.717) is 27.0 Å². The summed E-state index contributed by atoms with van der Waals surface area (Å²) < 4.78 is 21.0. The van der Waals surface area contributed by atoms with Crippen LogP contribution in [-0.4, -0.2) is 67.1 Å². The standard InChI is InChI=1S/C24H26N4O8S3/c1-6-35-21(31)17-12(3)18(22(32)36-7-2)38-20(17)25-16(29)11-37-24-28-27-23(39-24)26-19(30)13-8-9-14(33-4)15(10-13)34-5/h8-10H,6-7,11H2,1-5H3,(H,25,29)(H,26,27,30). The van der Waals surface area contributed by atoms with E-state index in [1.54, 1.807) is 39.0 Å². The average molecular weight is 595 g/mol. The van der Waals surface area contributed by atoms with Gasteiger partial charge in [-0.05, 0) is 44.5 Å². The summed E-state index contributed by atoms with van der Waals surface area (Å²) in [4.78, 5) is 50.3. The van der Waals surface area contributed by atoms with E-state index in [9.17, 15) is 19.2 Å². The highest BCUT2D eigenvalue weighted by Crippen LogP contribution is 2.35. The maximum absolute atomic E-state index is 12.7. The lowest BCUT2D eigenvalue weighted by atomic mass is 10.1. The largest absolute Gasteiger partial charge is 0.493 e. The van der Waals surface area contributed by atoms with Gasteiger partial charge in [0.15, 0.2) is 15.8 Å². The number of amides is 2. The molecule has 0 fully saturated rings. The number of rotatable bonds is 12. The number of benzene rings is 1. The summed E-state index contributed by atoms with van der Waals surface area (Å²) in [5.74, 6) is -1.25. The lowest BCUT2D eigenvalue weighted by molar-refractivity contribution is -0.113. The number of methoxy groups -OCH3 is 2. The second kappa shape index (κ2) is 13.9. The molecule has 0 saturated heterocycles. The van der Waals surface area contributed by atoms with Gasteiger partial charge in [0.05, 0.1) is 38.7 Å². The zero-order chi connectivity index (χ0) is 28.5. The Morgan fingerprint density at radius 1 is 0.923 bits per heavy atom. The van der Waals surface area contributed by atoms with Crippen molar-refractivity contribution in [3.05, 3.63) is 39.8 Å². The van der Waals surface area contributed by atoms with Gasteiger partial charge in [0, 0.05) is 5.56 Å². The van der Waals surface area contributed by atoms with E-state index in [0.717, 1.165) is 34.4 Å². The van der Waals surface area contributed by atoms with Crippen LogP contribution in [0.2, 0.25) is 0 Å². The molecule has 0 atom stereocenters. The van der Waals surface area contributed by atoms with Crippen LogP contribution in [0, 0.1) is 6.92 Å². The molecule has 0 radical (unpaired) electrons. The first-order valence-corrected chi connectivity index (χ1v) is 14.1. The number of aromatic nitrogens is 2. The van der Waals surface area contributed by atoms with E-state index in [1.165, 1.54) is 14.2 Å². The van der Waals surface area contributed by atoms with Crippen molar-refractivity contribution in [1.29, 1.82) is 0 Å². The molecule has 1 aromatic carbocycles. The van der Waals surface area contributed by atoms with Gasteiger partial charge in [0.25, 0.3) is 5.91 Å². The molecular formula is C24H26N4O8S3. The number of carbonyl (C=O) groups is 4. The predicted molar refractivity (Wildman–Crippen MR) is 148 cm³/mol. The predicted octanol–water partition coefficient (Wildman–Crippen LogP) is 4.26. The van der Waals surface area contributed by atoms with Crippen LogP contribution < -0.4 is 20.1 Å².